The quantitative estimate of drug-likeness (QED) is 0.319. The van der Waals surface area contributed by atoms with Gasteiger partial charge in [0.05, 0.1) is 11.9 Å². The Morgan fingerprint density at radius 2 is 1.63 bits per heavy atom. The van der Waals surface area contributed by atoms with E-state index in [2.05, 4.69) is 5.32 Å². The van der Waals surface area contributed by atoms with Crippen molar-refractivity contribution >= 4 is 50.7 Å². The summed E-state index contributed by atoms with van der Waals surface area (Å²) in [7, 11) is -3.56. The molecule has 0 aliphatic carbocycles. The van der Waals surface area contributed by atoms with Gasteiger partial charge >= 0.3 is 0 Å². The fourth-order valence-electron chi connectivity index (χ4n) is 4.29. The third-order valence-electron chi connectivity index (χ3n) is 6.39. The lowest BCUT2D eigenvalue weighted by atomic mass is 10.1. The first-order valence-electron chi connectivity index (χ1n) is 12.9. The molecule has 2 aromatic rings. The highest BCUT2D eigenvalue weighted by Gasteiger charge is 2.30. The molecular weight excluding hydrogens is 545 g/mol. The van der Waals surface area contributed by atoms with Gasteiger partial charge in [0, 0.05) is 35.6 Å². The van der Waals surface area contributed by atoms with Gasteiger partial charge in [-0.25, -0.2) is 8.42 Å². The molecule has 0 aliphatic heterocycles. The van der Waals surface area contributed by atoms with Crippen LogP contribution in [-0.2, 0) is 26.2 Å². The number of sulfonamides is 1. The summed E-state index contributed by atoms with van der Waals surface area (Å²) in [6.07, 6.45) is 2.69. The lowest BCUT2D eigenvalue weighted by Gasteiger charge is -2.32. The van der Waals surface area contributed by atoms with Crippen LogP contribution in [0.15, 0.2) is 36.4 Å². The van der Waals surface area contributed by atoms with Gasteiger partial charge < -0.3 is 10.2 Å². The first-order chi connectivity index (χ1) is 17.8. The van der Waals surface area contributed by atoms with Gasteiger partial charge in [-0.15, -0.1) is 0 Å². The normalized spacial score (nSPS) is 13.1. The van der Waals surface area contributed by atoms with E-state index in [0.29, 0.717) is 27.7 Å². The minimum atomic E-state index is -3.56. The molecule has 2 aromatic carbocycles. The van der Waals surface area contributed by atoms with Crippen molar-refractivity contribution in [3.63, 3.8) is 0 Å². The molecule has 7 nitrogen and oxygen atoms in total. The van der Waals surface area contributed by atoms with Gasteiger partial charge in [0.15, 0.2) is 0 Å². The molecule has 0 fully saturated rings. The van der Waals surface area contributed by atoms with Crippen LogP contribution < -0.4 is 9.62 Å². The van der Waals surface area contributed by atoms with E-state index in [-0.39, 0.29) is 43.8 Å². The summed E-state index contributed by atoms with van der Waals surface area (Å²) < 4.78 is 26.5. The standard InChI is InChI=1S/C28H39Cl2N3O4S/c1-7-21(5)31-28(35)26(8-2)32(18-22-11-12-23(29)17-25(22)30)27(34)10-9-13-33(38(6,36)37)24-15-19(3)14-20(4)16-24/h11-12,14-17,21,26H,7-10,13,18H2,1-6H3,(H,31,35)/t21-,26+/m1/s1. The molecule has 2 atom stereocenters. The Morgan fingerprint density at radius 1 is 1.00 bits per heavy atom. The molecule has 0 spiro atoms. The molecule has 2 rings (SSSR count). The zero-order valence-electron chi connectivity index (χ0n) is 23.1. The van der Waals surface area contributed by atoms with Crippen molar-refractivity contribution in [3.05, 3.63) is 63.1 Å². The topological polar surface area (TPSA) is 86.8 Å². The van der Waals surface area contributed by atoms with E-state index in [1.54, 1.807) is 18.2 Å². The molecule has 0 saturated heterocycles. The maximum absolute atomic E-state index is 13.6. The molecule has 0 aliphatic rings. The number of hydrogen-bond donors (Lipinski definition) is 1. The Balaban J connectivity index is 2.29. The zero-order valence-corrected chi connectivity index (χ0v) is 25.4. The van der Waals surface area contributed by atoms with Crippen LogP contribution in [0.25, 0.3) is 0 Å². The molecule has 10 heteroatoms. The van der Waals surface area contributed by atoms with Crippen LogP contribution in [0.2, 0.25) is 10.0 Å². The van der Waals surface area contributed by atoms with Crippen LogP contribution in [0, 0.1) is 13.8 Å². The zero-order chi connectivity index (χ0) is 28.6. The molecule has 1 N–H and O–H groups in total. The minimum absolute atomic E-state index is 0.0336. The van der Waals surface area contributed by atoms with Crippen molar-refractivity contribution < 1.29 is 18.0 Å². The van der Waals surface area contributed by atoms with E-state index in [9.17, 15) is 18.0 Å². The van der Waals surface area contributed by atoms with Gasteiger partial charge in [-0.1, -0.05) is 49.2 Å². The van der Waals surface area contributed by atoms with E-state index in [1.165, 1.54) is 9.21 Å². The van der Waals surface area contributed by atoms with Gasteiger partial charge in [-0.2, -0.15) is 0 Å². The summed E-state index contributed by atoms with van der Waals surface area (Å²) in [4.78, 5) is 28.2. The summed E-state index contributed by atoms with van der Waals surface area (Å²) in [6.45, 7) is 9.85. The second-order valence-corrected chi connectivity index (χ2v) is 12.5. The van der Waals surface area contributed by atoms with Gasteiger partial charge in [0.1, 0.15) is 6.04 Å². The third kappa shape index (κ3) is 9.17. The highest BCUT2D eigenvalue weighted by molar-refractivity contribution is 7.92. The van der Waals surface area contributed by atoms with Crippen molar-refractivity contribution in [1.82, 2.24) is 10.2 Å². The number of carbonyl (C=O) groups excluding carboxylic acids is 2. The third-order valence-corrected chi connectivity index (χ3v) is 8.17. The van der Waals surface area contributed by atoms with Crippen molar-refractivity contribution in [1.29, 1.82) is 0 Å². The number of amides is 2. The first-order valence-corrected chi connectivity index (χ1v) is 15.5. The highest BCUT2D eigenvalue weighted by Crippen LogP contribution is 2.25. The molecule has 0 bridgehead atoms. The van der Waals surface area contributed by atoms with Crippen molar-refractivity contribution in [2.45, 2.75) is 78.9 Å². The van der Waals surface area contributed by atoms with E-state index in [1.807, 2.05) is 52.8 Å². The minimum Gasteiger partial charge on any atom is -0.352 e. The monoisotopic (exact) mass is 583 g/mol. The summed E-state index contributed by atoms with van der Waals surface area (Å²) in [5.41, 5.74) is 3.15. The number of benzene rings is 2. The average Bonchev–Trinajstić information content (AvgIpc) is 2.81. The number of anilines is 1. The maximum atomic E-state index is 13.6. The lowest BCUT2D eigenvalue weighted by Crippen LogP contribution is -2.50. The number of aryl methyl sites for hydroxylation is 2. The summed E-state index contributed by atoms with van der Waals surface area (Å²) in [5.74, 6) is -0.482. The van der Waals surface area contributed by atoms with Crippen molar-refractivity contribution in [3.8, 4) is 0 Å². The highest BCUT2D eigenvalue weighted by atomic mass is 35.5. The van der Waals surface area contributed by atoms with E-state index in [4.69, 9.17) is 23.2 Å². The second kappa shape index (κ2) is 14.2. The van der Waals surface area contributed by atoms with Crippen molar-refractivity contribution in [2.75, 3.05) is 17.1 Å². The second-order valence-electron chi connectivity index (χ2n) is 9.78. The summed E-state index contributed by atoms with van der Waals surface area (Å²) >= 11 is 12.5. The van der Waals surface area contributed by atoms with Gasteiger partial charge in [-0.05, 0) is 81.0 Å². The number of halogens is 2. The molecule has 0 saturated carbocycles. The Hall–Kier alpha value is -2.29. The first kappa shape index (κ1) is 31.9. The number of nitrogens with one attached hydrogen (secondary N) is 1. The fraction of sp³-hybridized carbons (Fsp3) is 0.500. The number of nitrogens with zero attached hydrogens (tertiary/aromatic N) is 2. The molecule has 38 heavy (non-hydrogen) atoms. The lowest BCUT2D eigenvalue weighted by molar-refractivity contribution is -0.141. The number of carbonyl (C=O) groups is 2. The fourth-order valence-corrected chi connectivity index (χ4v) is 5.71. The van der Waals surface area contributed by atoms with Crippen LogP contribution in [-0.4, -0.2) is 50.0 Å². The van der Waals surface area contributed by atoms with Crippen molar-refractivity contribution in [2.24, 2.45) is 0 Å². The Morgan fingerprint density at radius 3 is 2.16 bits per heavy atom. The van der Waals surface area contributed by atoms with Gasteiger partial charge in [-0.3, -0.25) is 13.9 Å². The van der Waals surface area contributed by atoms with E-state index >= 15 is 0 Å². The van der Waals surface area contributed by atoms with Crippen LogP contribution in [0.3, 0.4) is 0 Å². The summed E-state index contributed by atoms with van der Waals surface area (Å²) in [5, 5.41) is 3.86. The van der Waals surface area contributed by atoms with Crippen LogP contribution >= 0.6 is 23.2 Å². The van der Waals surface area contributed by atoms with Crippen LogP contribution in [0.4, 0.5) is 5.69 Å². The Labute approximate surface area is 237 Å². The Kier molecular flexibility index (Phi) is 11.9. The predicted octanol–water partition coefficient (Wildman–Crippen LogP) is 5.88. The van der Waals surface area contributed by atoms with E-state index in [0.717, 1.165) is 23.8 Å². The smallest absolute Gasteiger partial charge is 0.243 e. The van der Waals surface area contributed by atoms with E-state index < -0.39 is 16.1 Å². The van der Waals surface area contributed by atoms with Gasteiger partial charge in [0.25, 0.3) is 0 Å². The molecule has 0 unspecified atom stereocenters. The molecular formula is C28H39Cl2N3O4S. The molecule has 0 heterocycles. The molecule has 210 valence electrons. The number of rotatable bonds is 13. The predicted molar refractivity (Wildman–Crippen MR) is 156 cm³/mol. The molecule has 2 amide bonds. The van der Waals surface area contributed by atoms with Crippen LogP contribution in [0.5, 0.6) is 0 Å². The van der Waals surface area contributed by atoms with Crippen LogP contribution in [0.1, 0.15) is 63.1 Å². The summed E-state index contributed by atoms with van der Waals surface area (Å²) in [6, 6.07) is 9.92. The largest absolute Gasteiger partial charge is 0.352 e. The molecule has 0 radical (unpaired) electrons. The number of hydrogen-bond acceptors (Lipinski definition) is 4. The molecule has 0 aromatic heterocycles. The maximum Gasteiger partial charge on any atom is 0.243 e. The average molecular weight is 585 g/mol. The SMILES string of the molecule is CC[C@@H](C)NC(=O)[C@H](CC)N(Cc1ccc(Cl)cc1Cl)C(=O)CCCN(c1cc(C)cc(C)c1)S(C)(=O)=O. The Bertz CT molecular complexity index is 1220. The van der Waals surface area contributed by atoms with Gasteiger partial charge in [0.2, 0.25) is 21.8 Å².